The average Bonchev–Trinajstić information content (AvgIpc) is 2.81. The molecule has 0 radical (unpaired) electrons. The van der Waals surface area contributed by atoms with E-state index in [-0.39, 0.29) is 11.2 Å². The van der Waals surface area contributed by atoms with Crippen molar-refractivity contribution in [3.05, 3.63) is 69.8 Å². The Morgan fingerprint density at radius 3 is 2.60 bits per heavy atom. The lowest BCUT2D eigenvalue weighted by Crippen LogP contribution is -1.94. The summed E-state index contributed by atoms with van der Waals surface area (Å²) < 4.78 is 14.2. The summed E-state index contributed by atoms with van der Waals surface area (Å²) >= 11 is 8.17. The third kappa shape index (κ3) is 2.46. The summed E-state index contributed by atoms with van der Waals surface area (Å²) in [5.41, 5.74) is 3.53. The SMILES string of the molecule is Cc1ccc(C(Cl)c2cc3ccc(F)cc3s2)c(C)c1. The molecule has 0 aliphatic carbocycles. The van der Waals surface area contributed by atoms with E-state index in [1.165, 1.54) is 17.2 Å². The number of rotatable bonds is 2. The fraction of sp³-hybridized carbons (Fsp3) is 0.176. The van der Waals surface area contributed by atoms with Crippen LogP contribution < -0.4 is 0 Å². The topological polar surface area (TPSA) is 0 Å². The Labute approximate surface area is 126 Å². The summed E-state index contributed by atoms with van der Waals surface area (Å²) in [5.74, 6) is -0.205. The molecule has 0 aliphatic rings. The van der Waals surface area contributed by atoms with Crippen molar-refractivity contribution in [2.24, 2.45) is 0 Å². The Balaban J connectivity index is 2.05. The quantitative estimate of drug-likeness (QED) is 0.510. The zero-order chi connectivity index (χ0) is 14.3. The number of fused-ring (bicyclic) bond motifs is 1. The molecular weight excluding hydrogens is 291 g/mol. The highest BCUT2D eigenvalue weighted by molar-refractivity contribution is 7.19. The van der Waals surface area contributed by atoms with E-state index >= 15 is 0 Å². The van der Waals surface area contributed by atoms with Gasteiger partial charge in [-0.15, -0.1) is 22.9 Å². The molecule has 3 rings (SSSR count). The van der Waals surface area contributed by atoms with Gasteiger partial charge >= 0.3 is 0 Å². The summed E-state index contributed by atoms with van der Waals surface area (Å²) in [7, 11) is 0. The van der Waals surface area contributed by atoms with Gasteiger partial charge in [0.25, 0.3) is 0 Å². The van der Waals surface area contributed by atoms with Gasteiger partial charge in [0.15, 0.2) is 0 Å². The van der Waals surface area contributed by atoms with Crippen LogP contribution in [0.25, 0.3) is 10.1 Å². The highest BCUT2D eigenvalue weighted by Gasteiger charge is 2.16. The maximum absolute atomic E-state index is 13.3. The lowest BCUT2D eigenvalue weighted by Gasteiger charge is -2.11. The Morgan fingerprint density at radius 1 is 1.05 bits per heavy atom. The largest absolute Gasteiger partial charge is 0.207 e. The molecule has 1 atom stereocenters. The van der Waals surface area contributed by atoms with Crippen molar-refractivity contribution in [3.63, 3.8) is 0 Å². The van der Waals surface area contributed by atoms with Crippen molar-refractivity contribution < 1.29 is 4.39 Å². The number of benzene rings is 2. The number of thiophene rings is 1. The minimum atomic E-state index is -0.205. The first-order valence-electron chi connectivity index (χ1n) is 6.45. The molecule has 1 aromatic heterocycles. The van der Waals surface area contributed by atoms with Gasteiger partial charge in [0, 0.05) is 9.58 Å². The van der Waals surface area contributed by atoms with Gasteiger partial charge in [-0.3, -0.25) is 0 Å². The monoisotopic (exact) mass is 304 g/mol. The summed E-state index contributed by atoms with van der Waals surface area (Å²) in [6, 6.07) is 13.2. The number of aryl methyl sites for hydroxylation is 2. The van der Waals surface area contributed by atoms with Crippen LogP contribution in [0.3, 0.4) is 0 Å². The van der Waals surface area contributed by atoms with E-state index in [0.717, 1.165) is 20.5 Å². The van der Waals surface area contributed by atoms with Crippen LogP contribution in [0.1, 0.15) is 26.9 Å². The summed E-state index contributed by atoms with van der Waals surface area (Å²) in [6.07, 6.45) is 0. The third-order valence-electron chi connectivity index (χ3n) is 3.45. The van der Waals surface area contributed by atoms with Crippen LogP contribution in [0.5, 0.6) is 0 Å². The molecule has 102 valence electrons. The van der Waals surface area contributed by atoms with Crippen molar-refractivity contribution >= 4 is 33.0 Å². The first kappa shape index (κ1) is 13.6. The molecule has 0 fully saturated rings. The van der Waals surface area contributed by atoms with Crippen molar-refractivity contribution in [3.8, 4) is 0 Å². The standard InChI is InChI=1S/C17H14ClFS/c1-10-3-6-14(11(2)7-10)17(18)16-8-12-4-5-13(19)9-15(12)20-16/h3-9,17H,1-2H3. The van der Waals surface area contributed by atoms with E-state index in [1.54, 1.807) is 23.5 Å². The molecule has 0 N–H and O–H groups in total. The molecule has 0 bridgehead atoms. The molecule has 0 aliphatic heterocycles. The normalized spacial score (nSPS) is 12.8. The summed E-state index contributed by atoms with van der Waals surface area (Å²) in [4.78, 5) is 1.05. The molecule has 0 nitrogen and oxygen atoms in total. The van der Waals surface area contributed by atoms with Gasteiger partial charge in [0.2, 0.25) is 0 Å². The van der Waals surface area contributed by atoms with E-state index < -0.39 is 0 Å². The zero-order valence-electron chi connectivity index (χ0n) is 11.3. The van der Waals surface area contributed by atoms with E-state index in [0.29, 0.717) is 0 Å². The molecule has 0 saturated carbocycles. The van der Waals surface area contributed by atoms with Gasteiger partial charge in [0.05, 0.1) is 5.38 Å². The smallest absolute Gasteiger partial charge is 0.124 e. The second-order valence-corrected chi connectivity index (χ2v) is 6.61. The van der Waals surface area contributed by atoms with Gasteiger partial charge in [-0.1, -0.05) is 29.8 Å². The fourth-order valence-corrected chi connectivity index (χ4v) is 3.94. The number of hydrogen-bond acceptors (Lipinski definition) is 1. The van der Waals surface area contributed by atoms with Crippen LogP contribution in [0, 0.1) is 19.7 Å². The van der Waals surface area contributed by atoms with Gasteiger partial charge in [-0.25, -0.2) is 4.39 Å². The van der Waals surface area contributed by atoms with Crippen LogP contribution in [0.2, 0.25) is 0 Å². The number of alkyl halides is 1. The van der Waals surface area contributed by atoms with Crippen molar-refractivity contribution in [2.45, 2.75) is 19.2 Å². The summed E-state index contributed by atoms with van der Waals surface area (Å²) in [6.45, 7) is 4.15. The first-order valence-corrected chi connectivity index (χ1v) is 7.70. The Hall–Kier alpha value is -1.38. The zero-order valence-corrected chi connectivity index (χ0v) is 12.9. The second-order valence-electron chi connectivity index (χ2n) is 5.05. The van der Waals surface area contributed by atoms with Gasteiger partial charge in [-0.2, -0.15) is 0 Å². The first-order chi connectivity index (χ1) is 9.54. The molecule has 1 unspecified atom stereocenters. The van der Waals surface area contributed by atoms with Crippen molar-refractivity contribution in [2.75, 3.05) is 0 Å². The van der Waals surface area contributed by atoms with Crippen molar-refractivity contribution in [1.29, 1.82) is 0 Å². The molecule has 3 heteroatoms. The number of halogens is 2. The molecule has 1 heterocycles. The maximum Gasteiger partial charge on any atom is 0.124 e. The Kier molecular flexibility index (Phi) is 3.53. The average molecular weight is 305 g/mol. The van der Waals surface area contributed by atoms with Crippen LogP contribution in [0.4, 0.5) is 4.39 Å². The Morgan fingerprint density at radius 2 is 1.85 bits per heavy atom. The lowest BCUT2D eigenvalue weighted by atomic mass is 10.0. The Bertz CT molecular complexity index is 776. The van der Waals surface area contributed by atoms with Gasteiger partial charge in [0.1, 0.15) is 5.82 Å². The molecule has 0 spiro atoms. The van der Waals surface area contributed by atoms with E-state index in [9.17, 15) is 4.39 Å². The molecular formula is C17H14ClFS. The van der Waals surface area contributed by atoms with Crippen molar-refractivity contribution in [1.82, 2.24) is 0 Å². The second kappa shape index (κ2) is 5.19. The molecule has 0 saturated heterocycles. The molecule has 2 aromatic carbocycles. The highest BCUT2D eigenvalue weighted by atomic mass is 35.5. The minimum absolute atomic E-state index is 0.184. The molecule has 20 heavy (non-hydrogen) atoms. The van der Waals surface area contributed by atoms with E-state index in [2.05, 4.69) is 38.1 Å². The van der Waals surface area contributed by atoms with Crippen LogP contribution in [-0.2, 0) is 0 Å². The van der Waals surface area contributed by atoms with E-state index in [1.807, 2.05) is 0 Å². The summed E-state index contributed by atoms with van der Waals surface area (Å²) in [5, 5.41) is 0.859. The van der Waals surface area contributed by atoms with Gasteiger partial charge < -0.3 is 0 Å². The predicted octanol–water partition coefficient (Wildman–Crippen LogP) is 5.99. The van der Waals surface area contributed by atoms with Gasteiger partial charge in [-0.05, 0) is 48.6 Å². The fourth-order valence-electron chi connectivity index (χ4n) is 2.41. The number of hydrogen-bond donors (Lipinski definition) is 0. The third-order valence-corrected chi connectivity index (χ3v) is 5.21. The minimum Gasteiger partial charge on any atom is -0.207 e. The predicted molar refractivity (Wildman–Crippen MR) is 85.4 cm³/mol. The van der Waals surface area contributed by atoms with Crippen LogP contribution in [0.15, 0.2) is 42.5 Å². The van der Waals surface area contributed by atoms with Crippen LogP contribution >= 0.6 is 22.9 Å². The molecule has 3 aromatic rings. The lowest BCUT2D eigenvalue weighted by molar-refractivity contribution is 0.630. The maximum atomic E-state index is 13.3. The molecule has 0 amide bonds. The van der Waals surface area contributed by atoms with Crippen LogP contribution in [-0.4, -0.2) is 0 Å². The highest BCUT2D eigenvalue weighted by Crippen LogP contribution is 2.38. The van der Waals surface area contributed by atoms with E-state index in [4.69, 9.17) is 11.6 Å².